The summed E-state index contributed by atoms with van der Waals surface area (Å²) in [7, 11) is 1.68. The van der Waals surface area contributed by atoms with E-state index in [-0.39, 0.29) is 5.91 Å². The lowest BCUT2D eigenvalue weighted by Gasteiger charge is -2.22. The number of hydrogen-bond donors (Lipinski definition) is 0. The van der Waals surface area contributed by atoms with Crippen LogP contribution in [0.3, 0.4) is 0 Å². The molecule has 1 heterocycles. The Morgan fingerprint density at radius 3 is 2.67 bits per heavy atom. The maximum atomic E-state index is 12.9. The molecule has 0 aliphatic carbocycles. The Bertz CT molecular complexity index is 960. The van der Waals surface area contributed by atoms with Crippen molar-refractivity contribution in [2.24, 2.45) is 0 Å². The average molecular weight is 403 g/mol. The molecule has 156 valence electrons. The van der Waals surface area contributed by atoms with Crippen LogP contribution in [-0.4, -0.2) is 29.0 Å². The van der Waals surface area contributed by atoms with Gasteiger partial charge in [0.1, 0.15) is 5.75 Å². The van der Waals surface area contributed by atoms with E-state index in [9.17, 15) is 4.79 Å². The molecule has 0 saturated heterocycles. The van der Waals surface area contributed by atoms with Crippen molar-refractivity contribution < 1.29 is 9.53 Å². The molecule has 3 aromatic rings. The van der Waals surface area contributed by atoms with E-state index in [0.29, 0.717) is 6.54 Å². The van der Waals surface area contributed by atoms with Crippen molar-refractivity contribution in [3.63, 3.8) is 0 Å². The van der Waals surface area contributed by atoms with E-state index in [1.165, 1.54) is 5.56 Å². The molecule has 1 amide bonds. The Morgan fingerprint density at radius 2 is 1.90 bits per heavy atom. The van der Waals surface area contributed by atoms with Gasteiger partial charge in [0.2, 0.25) is 5.91 Å². The van der Waals surface area contributed by atoms with Crippen LogP contribution in [0.25, 0.3) is 6.08 Å². The second kappa shape index (κ2) is 11.1. The Kier molecular flexibility index (Phi) is 7.90. The number of ether oxygens (including phenoxy) is 1. The molecule has 0 bridgehead atoms. The summed E-state index contributed by atoms with van der Waals surface area (Å²) in [4.78, 5) is 14.8. The molecular weight excluding hydrogens is 372 g/mol. The van der Waals surface area contributed by atoms with Crippen molar-refractivity contribution in [1.82, 2.24) is 9.47 Å². The standard InChI is InChI=1S/C26H30N2O2/c1-3-4-17-28(26(29)16-15-22-10-6-5-7-11-22)21-24-13-9-18-27(24)20-23-12-8-14-25(19-23)30-2/h5-16,18-19H,3-4,17,20-21H2,1-2H3/b16-15+. The van der Waals surface area contributed by atoms with Crippen molar-refractivity contribution in [2.45, 2.75) is 32.9 Å². The van der Waals surface area contributed by atoms with E-state index < -0.39 is 0 Å². The number of unbranched alkanes of at least 4 members (excludes halogenated alkanes) is 1. The quantitative estimate of drug-likeness (QED) is 0.426. The first-order chi connectivity index (χ1) is 14.7. The van der Waals surface area contributed by atoms with Gasteiger partial charge in [-0.2, -0.15) is 0 Å². The molecule has 0 atom stereocenters. The zero-order valence-corrected chi connectivity index (χ0v) is 17.8. The SMILES string of the molecule is CCCCN(Cc1cccn1Cc1cccc(OC)c1)C(=O)/C=C/c1ccccc1. The van der Waals surface area contributed by atoms with Crippen molar-refractivity contribution in [3.8, 4) is 5.75 Å². The number of carbonyl (C=O) groups excluding carboxylic acids is 1. The number of methoxy groups -OCH3 is 1. The monoisotopic (exact) mass is 402 g/mol. The Balaban J connectivity index is 1.72. The van der Waals surface area contributed by atoms with Crippen molar-refractivity contribution in [1.29, 1.82) is 0 Å². The third kappa shape index (κ3) is 6.11. The fourth-order valence-electron chi connectivity index (χ4n) is 3.36. The van der Waals surface area contributed by atoms with Gasteiger partial charge in [-0.25, -0.2) is 0 Å². The minimum atomic E-state index is 0.0430. The van der Waals surface area contributed by atoms with Crippen LogP contribution in [0.15, 0.2) is 79.0 Å². The van der Waals surface area contributed by atoms with Crippen LogP contribution < -0.4 is 4.74 Å². The van der Waals surface area contributed by atoms with E-state index in [2.05, 4.69) is 29.8 Å². The molecule has 1 aromatic heterocycles. The lowest BCUT2D eigenvalue weighted by Crippen LogP contribution is -2.31. The van der Waals surface area contributed by atoms with Crippen LogP contribution in [-0.2, 0) is 17.9 Å². The molecule has 30 heavy (non-hydrogen) atoms. The van der Waals surface area contributed by atoms with Gasteiger partial charge < -0.3 is 14.2 Å². The highest BCUT2D eigenvalue weighted by Gasteiger charge is 2.13. The Labute approximate surface area is 179 Å². The second-order valence-corrected chi connectivity index (χ2v) is 7.34. The first-order valence-electron chi connectivity index (χ1n) is 10.5. The number of rotatable bonds is 10. The molecule has 4 heteroatoms. The maximum absolute atomic E-state index is 12.9. The van der Waals surface area contributed by atoms with Crippen LogP contribution >= 0.6 is 0 Å². The van der Waals surface area contributed by atoms with Gasteiger partial charge in [0.15, 0.2) is 0 Å². The molecule has 0 N–H and O–H groups in total. The zero-order chi connectivity index (χ0) is 21.2. The number of nitrogens with zero attached hydrogens (tertiary/aromatic N) is 2. The highest BCUT2D eigenvalue weighted by Crippen LogP contribution is 2.16. The van der Waals surface area contributed by atoms with Crippen LogP contribution in [0.1, 0.15) is 36.6 Å². The lowest BCUT2D eigenvalue weighted by atomic mass is 10.2. The lowest BCUT2D eigenvalue weighted by molar-refractivity contribution is -0.126. The third-order valence-corrected chi connectivity index (χ3v) is 5.07. The molecule has 0 aliphatic heterocycles. The fourth-order valence-corrected chi connectivity index (χ4v) is 3.36. The van der Waals surface area contributed by atoms with E-state index in [1.807, 2.05) is 65.6 Å². The topological polar surface area (TPSA) is 34.5 Å². The minimum Gasteiger partial charge on any atom is -0.497 e. The Morgan fingerprint density at radius 1 is 1.07 bits per heavy atom. The van der Waals surface area contributed by atoms with Crippen LogP contribution in [0.4, 0.5) is 0 Å². The molecule has 4 nitrogen and oxygen atoms in total. The van der Waals surface area contributed by atoms with E-state index in [0.717, 1.165) is 42.9 Å². The predicted molar refractivity (Wildman–Crippen MR) is 122 cm³/mol. The molecular formula is C26H30N2O2. The van der Waals surface area contributed by atoms with Gasteiger partial charge in [0.25, 0.3) is 0 Å². The van der Waals surface area contributed by atoms with Gasteiger partial charge in [0, 0.05) is 31.1 Å². The van der Waals surface area contributed by atoms with Gasteiger partial charge in [-0.3, -0.25) is 4.79 Å². The zero-order valence-electron chi connectivity index (χ0n) is 17.8. The maximum Gasteiger partial charge on any atom is 0.246 e. The molecule has 0 saturated carbocycles. The molecule has 0 fully saturated rings. The van der Waals surface area contributed by atoms with Gasteiger partial charge in [-0.15, -0.1) is 0 Å². The first kappa shape index (κ1) is 21.4. The fraction of sp³-hybridized carbons (Fsp3) is 0.269. The Hall–Kier alpha value is -3.27. The summed E-state index contributed by atoms with van der Waals surface area (Å²) < 4.78 is 7.53. The number of carbonyl (C=O) groups is 1. The van der Waals surface area contributed by atoms with Crippen molar-refractivity contribution in [3.05, 3.63) is 95.8 Å². The summed E-state index contributed by atoms with van der Waals surface area (Å²) in [5, 5.41) is 0. The summed E-state index contributed by atoms with van der Waals surface area (Å²) >= 11 is 0. The normalized spacial score (nSPS) is 11.0. The van der Waals surface area contributed by atoms with Crippen LogP contribution in [0.2, 0.25) is 0 Å². The highest BCUT2D eigenvalue weighted by atomic mass is 16.5. The number of hydrogen-bond acceptors (Lipinski definition) is 2. The molecule has 0 spiro atoms. The summed E-state index contributed by atoms with van der Waals surface area (Å²) in [5.41, 5.74) is 3.32. The van der Waals surface area contributed by atoms with Gasteiger partial charge >= 0.3 is 0 Å². The molecule has 0 unspecified atom stereocenters. The molecule has 3 rings (SSSR count). The van der Waals surface area contributed by atoms with E-state index in [1.54, 1.807) is 13.2 Å². The highest BCUT2D eigenvalue weighted by molar-refractivity contribution is 5.91. The van der Waals surface area contributed by atoms with Gasteiger partial charge in [0.05, 0.1) is 13.7 Å². The predicted octanol–water partition coefficient (Wildman–Crippen LogP) is 5.39. The third-order valence-electron chi connectivity index (χ3n) is 5.07. The largest absolute Gasteiger partial charge is 0.497 e. The summed E-state index contributed by atoms with van der Waals surface area (Å²) in [5.74, 6) is 0.897. The molecule has 0 radical (unpaired) electrons. The molecule has 0 aliphatic rings. The summed E-state index contributed by atoms with van der Waals surface area (Å²) in [6, 6.07) is 22.1. The first-order valence-corrected chi connectivity index (χ1v) is 10.5. The minimum absolute atomic E-state index is 0.0430. The van der Waals surface area contributed by atoms with Gasteiger partial charge in [-0.05, 0) is 47.9 Å². The van der Waals surface area contributed by atoms with E-state index >= 15 is 0 Å². The molecule has 2 aromatic carbocycles. The van der Waals surface area contributed by atoms with Crippen LogP contribution in [0, 0.1) is 0 Å². The van der Waals surface area contributed by atoms with E-state index in [4.69, 9.17) is 4.74 Å². The smallest absolute Gasteiger partial charge is 0.246 e. The van der Waals surface area contributed by atoms with Gasteiger partial charge in [-0.1, -0.05) is 55.8 Å². The summed E-state index contributed by atoms with van der Waals surface area (Å²) in [6.45, 7) is 4.23. The number of amides is 1. The van der Waals surface area contributed by atoms with Crippen molar-refractivity contribution in [2.75, 3.05) is 13.7 Å². The summed E-state index contributed by atoms with van der Waals surface area (Å²) in [6.07, 6.45) is 7.67. The van der Waals surface area contributed by atoms with Crippen LogP contribution in [0.5, 0.6) is 5.75 Å². The van der Waals surface area contributed by atoms with Crippen molar-refractivity contribution >= 4 is 12.0 Å². The number of aromatic nitrogens is 1. The average Bonchev–Trinajstić information content (AvgIpc) is 3.22. The number of benzene rings is 2. The second-order valence-electron chi connectivity index (χ2n) is 7.34.